The first kappa shape index (κ1) is 23.3. The van der Waals surface area contributed by atoms with Crippen LogP contribution in [0.15, 0.2) is 42.5 Å². The predicted molar refractivity (Wildman–Crippen MR) is 121 cm³/mol. The summed E-state index contributed by atoms with van der Waals surface area (Å²) < 4.78 is 19.8. The van der Waals surface area contributed by atoms with E-state index in [0.29, 0.717) is 42.9 Å². The van der Waals surface area contributed by atoms with Gasteiger partial charge in [-0.2, -0.15) is 5.26 Å². The summed E-state index contributed by atoms with van der Waals surface area (Å²) in [7, 11) is 0. The van der Waals surface area contributed by atoms with Gasteiger partial charge in [-0.25, -0.2) is 4.39 Å². The Morgan fingerprint density at radius 1 is 1.06 bits per heavy atom. The van der Waals surface area contributed by atoms with Gasteiger partial charge in [0.15, 0.2) is 0 Å². The summed E-state index contributed by atoms with van der Waals surface area (Å²) in [6.45, 7) is 0.441. The second-order valence-corrected chi connectivity index (χ2v) is 8.01. The Labute approximate surface area is 187 Å². The summed E-state index contributed by atoms with van der Waals surface area (Å²) in [6.07, 6.45) is 6.44. The molecule has 2 amide bonds. The Balaban J connectivity index is 1.42. The minimum absolute atomic E-state index is 0.0778. The number of unbranched alkanes of at least 4 members (excludes halogenated alkanes) is 1. The largest absolute Gasteiger partial charge is 0.494 e. The van der Waals surface area contributed by atoms with Crippen molar-refractivity contribution >= 4 is 23.2 Å². The number of halogens is 1. The Morgan fingerprint density at radius 2 is 1.88 bits per heavy atom. The molecule has 6 nitrogen and oxygen atoms in total. The summed E-state index contributed by atoms with van der Waals surface area (Å²) >= 11 is 0. The van der Waals surface area contributed by atoms with Crippen LogP contribution in [0, 0.1) is 23.1 Å². The Hall–Kier alpha value is -3.40. The van der Waals surface area contributed by atoms with Crippen molar-refractivity contribution in [2.75, 3.05) is 17.2 Å². The van der Waals surface area contributed by atoms with Crippen LogP contribution in [0.5, 0.6) is 5.75 Å². The van der Waals surface area contributed by atoms with Crippen LogP contribution in [-0.4, -0.2) is 18.4 Å². The topological polar surface area (TPSA) is 91.2 Å². The SMILES string of the molecule is N#Cc1cccc(OCCCCC(=O)Nc2ccc(F)c(NC(=O)C3CCCCC3)c2)c1. The number of rotatable bonds is 9. The number of carbonyl (C=O) groups is 2. The van der Waals surface area contributed by atoms with E-state index in [1.807, 2.05) is 0 Å². The third-order valence-corrected chi connectivity index (χ3v) is 5.51. The van der Waals surface area contributed by atoms with Gasteiger partial charge < -0.3 is 15.4 Å². The fourth-order valence-corrected chi connectivity index (χ4v) is 3.75. The van der Waals surface area contributed by atoms with Crippen LogP contribution in [0.2, 0.25) is 0 Å². The van der Waals surface area contributed by atoms with E-state index < -0.39 is 5.82 Å². The lowest BCUT2D eigenvalue weighted by molar-refractivity contribution is -0.120. The zero-order valence-corrected chi connectivity index (χ0v) is 18.0. The Morgan fingerprint density at radius 3 is 2.66 bits per heavy atom. The molecule has 0 heterocycles. The van der Waals surface area contributed by atoms with E-state index in [0.717, 1.165) is 32.1 Å². The van der Waals surface area contributed by atoms with Gasteiger partial charge >= 0.3 is 0 Å². The number of carbonyl (C=O) groups excluding carboxylic acids is 2. The summed E-state index contributed by atoms with van der Waals surface area (Å²) in [6, 6.07) is 13.2. The first-order valence-corrected chi connectivity index (χ1v) is 11.1. The molecule has 2 N–H and O–H groups in total. The fraction of sp³-hybridized carbons (Fsp3) is 0.400. The van der Waals surface area contributed by atoms with Gasteiger partial charge in [0.05, 0.1) is 23.9 Å². The summed E-state index contributed by atoms with van der Waals surface area (Å²) in [5.74, 6) is -0.321. The van der Waals surface area contributed by atoms with Crippen LogP contribution in [-0.2, 0) is 9.59 Å². The van der Waals surface area contributed by atoms with Crippen molar-refractivity contribution in [2.45, 2.75) is 51.4 Å². The van der Waals surface area contributed by atoms with Gasteiger partial charge in [0.1, 0.15) is 11.6 Å². The third kappa shape index (κ3) is 7.09. The third-order valence-electron chi connectivity index (χ3n) is 5.51. The van der Waals surface area contributed by atoms with Gasteiger partial charge in [0, 0.05) is 18.0 Å². The molecule has 0 aliphatic heterocycles. The molecular formula is C25H28FN3O3. The quantitative estimate of drug-likeness (QED) is 0.514. The number of nitrogens with zero attached hydrogens (tertiary/aromatic N) is 1. The number of hydrogen-bond donors (Lipinski definition) is 2. The zero-order chi connectivity index (χ0) is 22.8. The molecule has 1 aliphatic carbocycles. The monoisotopic (exact) mass is 437 g/mol. The molecule has 0 aromatic heterocycles. The van der Waals surface area contributed by atoms with Crippen molar-refractivity contribution in [2.24, 2.45) is 5.92 Å². The van der Waals surface area contributed by atoms with Crippen molar-refractivity contribution in [3.63, 3.8) is 0 Å². The first-order valence-electron chi connectivity index (χ1n) is 11.1. The normalized spacial score (nSPS) is 13.8. The highest BCUT2D eigenvalue weighted by Crippen LogP contribution is 2.26. The van der Waals surface area contributed by atoms with Gasteiger partial charge in [-0.15, -0.1) is 0 Å². The van der Waals surface area contributed by atoms with E-state index in [9.17, 15) is 14.0 Å². The van der Waals surface area contributed by atoms with Crippen molar-refractivity contribution in [3.8, 4) is 11.8 Å². The van der Waals surface area contributed by atoms with Crippen LogP contribution in [0.3, 0.4) is 0 Å². The summed E-state index contributed by atoms with van der Waals surface area (Å²) in [5.41, 5.74) is 1.07. The van der Waals surface area contributed by atoms with Crippen LogP contribution in [0.1, 0.15) is 56.9 Å². The molecule has 32 heavy (non-hydrogen) atoms. The van der Waals surface area contributed by atoms with E-state index in [4.69, 9.17) is 10.00 Å². The second kappa shape index (κ2) is 11.8. The molecule has 0 saturated heterocycles. The van der Waals surface area contributed by atoms with E-state index >= 15 is 0 Å². The summed E-state index contributed by atoms with van der Waals surface area (Å²) in [5, 5.41) is 14.3. The smallest absolute Gasteiger partial charge is 0.227 e. The first-order chi connectivity index (χ1) is 15.5. The number of amides is 2. The molecule has 1 saturated carbocycles. The summed E-state index contributed by atoms with van der Waals surface area (Å²) in [4.78, 5) is 24.6. The van der Waals surface area contributed by atoms with Gasteiger partial charge in [-0.1, -0.05) is 25.3 Å². The van der Waals surface area contributed by atoms with Gasteiger partial charge in [0.25, 0.3) is 0 Å². The highest BCUT2D eigenvalue weighted by molar-refractivity contribution is 5.95. The van der Waals surface area contributed by atoms with E-state index in [1.165, 1.54) is 18.2 Å². The van der Waals surface area contributed by atoms with Gasteiger partial charge in [-0.05, 0) is 62.1 Å². The van der Waals surface area contributed by atoms with Crippen molar-refractivity contribution < 1.29 is 18.7 Å². The second-order valence-electron chi connectivity index (χ2n) is 8.01. The molecule has 0 bridgehead atoms. The molecular weight excluding hydrogens is 409 g/mol. The van der Waals surface area contributed by atoms with Crippen LogP contribution in [0.4, 0.5) is 15.8 Å². The lowest BCUT2D eigenvalue weighted by Gasteiger charge is -2.21. The molecule has 0 spiro atoms. The molecule has 0 atom stereocenters. The van der Waals surface area contributed by atoms with Crippen molar-refractivity contribution in [3.05, 3.63) is 53.8 Å². The number of anilines is 2. The lowest BCUT2D eigenvalue weighted by atomic mass is 9.88. The number of benzene rings is 2. The standard InChI is InChI=1S/C25H28FN3O3/c26-22-13-12-20(16-23(22)29-25(31)19-8-2-1-3-9-19)28-24(30)11-4-5-14-32-21-10-6-7-18(15-21)17-27/h6-7,10,12-13,15-16,19H,1-5,8-9,11,14H2,(H,28,30)(H,29,31). The molecule has 1 fully saturated rings. The Kier molecular flexibility index (Phi) is 8.61. The fourth-order valence-electron chi connectivity index (χ4n) is 3.75. The van der Waals surface area contributed by atoms with E-state index in [-0.39, 0.29) is 23.4 Å². The van der Waals surface area contributed by atoms with E-state index in [2.05, 4.69) is 16.7 Å². The highest BCUT2D eigenvalue weighted by atomic mass is 19.1. The van der Waals surface area contributed by atoms with Gasteiger partial charge in [0.2, 0.25) is 11.8 Å². The minimum Gasteiger partial charge on any atom is -0.494 e. The average molecular weight is 438 g/mol. The maximum absolute atomic E-state index is 14.2. The van der Waals surface area contributed by atoms with Crippen molar-refractivity contribution in [1.82, 2.24) is 0 Å². The molecule has 0 radical (unpaired) electrons. The maximum Gasteiger partial charge on any atom is 0.227 e. The number of nitriles is 1. The van der Waals surface area contributed by atoms with Crippen LogP contribution >= 0.6 is 0 Å². The van der Waals surface area contributed by atoms with E-state index in [1.54, 1.807) is 24.3 Å². The molecule has 7 heteroatoms. The lowest BCUT2D eigenvalue weighted by Crippen LogP contribution is -2.25. The molecule has 168 valence electrons. The molecule has 0 unspecified atom stereocenters. The van der Waals surface area contributed by atoms with Gasteiger partial charge in [-0.3, -0.25) is 9.59 Å². The van der Waals surface area contributed by atoms with Crippen molar-refractivity contribution in [1.29, 1.82) is 5.26 Å². The predicted octanol–water partition coefficient (Wildman–Crippen LogP) is 5.40. The van der Waals surface area contributed by atoms with Crippen LogP contribution in [0.25, 0.3) is 0 Å². The Bertz CT molecular complexity index is 981. The average Bonchev–Trinajstić information content (AvgIpc) is 2.81. The molecule has 2 aromatic rings. The number of hydrogen-bond acceptors (Lipinski definition) is 4. The molecule has 1 aliphatic rings. The molecule has 2 aromatic carbocycles. The number of nitrogens with one attached hydrogen (secondary N) is 2. The number of ether oxygens (including phenoxy) is 1. The van der Waals surface area contributed by atoms with Crippen LogP contribution < -0.4 is 15.4 Å². The highest BCUT2D eigenvalue weighted by Gasteiger charge is 2.22. The maximum atomic E-state index is 14.2. The molecule has 3 rings (SSSR count). The zero-order valence-electron chi connectivity index (χ0n) is 18.0. The minimum atomic E-state index is -0.523.